The molecular formula is C14H17N3. The van der Waals surface area contributed by atoms with Crippen molar-refractivity contribution in [3.63, 3.8) is 0 Å². The van der Waals surface area contributed by atoms with Gasteiger partial charge in [0.1, 0.15) is 0 Å². The Bertz CT molecular complexity index is 501. The van der Waals surface area contributed by atoms with Crippen LogP contribution in [0.25, 0.3) is 0 Å². The number of nitrogens with one attached hydrogen (secondary N) is 1. The summed E-state index contributed by atoms with van der Waals surface area (Å²) in [6.45, 7) is 3.14. The zero-order valence-electron chi connectivity index (χ0n) is 10.1. The molecule has 1 aromatic carbocycles. The summed E-state index contributed by atoms with van der Waals surface area (Å²) in [5.74, 6) is 1.02. The maximum Gasteiger partial charge on any atom is 0.203 e. The molecular weight excluding hydrogens is 210 g/mol. The Kier molecular flexibility index (Phi) is 2.59. The van der Waals surface area contributed by atoms with Crippen LogP contribution >= 0.6 is 0 Å². The molecule has 88 valence electrons. The summed E-state index contributed by atoms with van der Waals surface area (Å²) >= 11 is 0. The van der Waals surface area contributed by atoms with Gasteiger partial charge in [0.05, 0.1) is 11.7 Å². The Hall–Kier alpha value is -1.77. The smallest absolute Gasteiger partial charge is 0.203 e. The zero-order valence-corrected chi connectivity index (χ0v) is 10.1. The Morgan fingerprint density at radius 1 is 1.35 bits per heavy atom. The molecule has 0 aliphatic carbocycles. The van der Waals surface area contributed by atoms with E-state index in [2.05, 4.69) is 58.3 Å². The van der Waals surface area contributed by atoms with Crippen molar-refractivity contribution in [2.45, 2.75) is 25.8 Å². The topological polar surface area (TPSA) is 29.9 Å². The molecule has 0 saturated heterocycles. The van der Waals surface area contributed by atoms with Gasteiger partial charge in [0.25, 0.3) is 0 Å². The Morgan fingerprint density at radius 2 is 2.18 bits per heavy atom. The third kappa shape index (κ3) is 1.82. The number of benzene rings is 1. The molecule has 1 unspecified atom stereocenters. The Morgan fingerprint density at radius 3 is 2.94 bits per heavy atom. The van der Waals surface area contributed by atoms with Crippen molar-refractivity contribution in [2.75, 3.05) is 11.9 Å². The van der Waals surface area contributed by atoms with Crippen LogP contribution in [0.3, 0.4) is 0 Å². The Balaban J connectivity index is 2.02. The van der Waals surface area contributed by atoms with Crippen LogP contribution in [0.5, 0.6) is 0 Å². The van der Waals surface area contributed by atoms with E-state index in [1.54, 1.807) is 0 Å². The second kappa shape index (κ2) is 4.24. The van der Waals surface area contributed by atoms with Gasteiger partial charge in [-0.1, -0.05) is 37.3 Å². The van der Waals surface area contributed by atoms with E-state index >= 15 is 0 Å². The maximum atomic E-state index is 4.60. The van der Waals surface area contributed by atoms with E-state index in [1.807, 2.05) is 0 Å². The van der Waals surface area contributed by atoms with Crippen molar-refractivity contribution in [1.82, 2.24) is 9.55 Å². The lowest BCUT2D eigenvalue weighted by atomic mass is 10.0. The zero-order chi connectivity index (χ0) is 11.7. The molecule has 2 heterocycles. The largest absolute Gasteiger partial charge is 0.356 e. The highest BCUT2D eigenvalue weighted by molar-refractivity contribution is 5.35. The molecule has 1 aliphatic heterocycles. The monoisotopic (exact) mass is 227 g/mol. The first-order chi connectivity index (χ1) is 8.38. The number of anilines is 1. The molecule has 0 bridgehead atoms. The first-order valence-corrected chi connectivity index (χ1v) is 6.25. The lowest BCUT2D eigenvalue weighted by molar-refractivity contribution is 0.530. The normalized spacial score (nSPS) is 18.5. The molecule has 1 N–H and O–H groups in total. The molecule has 3 heteroatoms. The standard InChI is InChI=1S/C14H17N3/c1-2-12-10-17-13(8-9-15-14(17)16-12)11-6-4-3-5-7-11/h3-7,10,13H,2,8-9H2,1H3,(H,15,16). The van der Waals surface area contributed by atoms with Crippen LogP contribution in [-0.2, 0) is 6.42 Å². The molecule has 1 aromatic heterocycles. The van der Waals surface area contributed by atoms with E-state index in [0.29, 0.717) is 6.04 Å². The quantitative estimate of drug-likeness (QED) is 0.855. The third-order valence-electron chi connectivity index (χ3n) is 3.37. The molecule has 3 nitrogen and oxygen atoms in total. The average molecular weight is 227 g/mol. The van der Waals surface area contributed by atoms with Crippen LogP contribution in [0, 0.1) is 0 Å². The first-order valence-electron chi connectivity index (χ1n) is 6.25. The van der Waals surface area contributed by atoms with Gasteiger partial charge in [-0.05, 0) is 18.4 Å². The number of aryl methyl sites for hydroxylation is 1. The molecule has 0 fully saturated rings. The molecule has 17 heavy (non-hydrogen) atoms. The number of aromatic nitrogens is 2. The molecule has 0 saturated carbocycles. The second-order valence-electron chi connectivity index (χ2n) is 4.46. The summed E-state index contributed by atoms with van der Waals surface area (Å²) in [7, 11) is 0. The van der Waals surface area contributed by atoms with E-state index in [1.165, 1.54) is 5.56 Å². The van der Waals surface area contributed by atoms with E-state index in [4.69, 9.17) is 0 Å². The van der Waals surface area contributed by atoms with Crippen molar-refractivity contribution >= 4 is 5.95 Å². The fraction of sp³-hybridized carbons (Fsp3) is 0.357. The van der Waals surface area contributed by atoms with Gasteiger partial charge in [-0.2, -0.15) is 0 Å². The van der Waals surface area contributed by atoms with Crippen LogP contribution in [0.15, 0.2) is 36.5 Å². The molecule has 1 atom stereocenters. The van der Waals surface area contributed by atoms with Gasteiger partial charge in [0.15, 0.2) is 0 Å². The van der Waals surface area contributed by atoms with Crippen molar-refractivity contribution in [1.29, 1.82) is 0 Å². The van der Waals surface area contributed by atoms with Crippen molar-refractivity contribution in [3.05, 3.63) is 47.8 Å². The highest BCUT2D eigenvalue weighted by Crippen LogP contribution is 2.29. The number of hydrogen-bond donors (Lipinski definition) is 1. The van der Waals surface area contributed by atoms with Crippen LogP contribution in [0.2, 0.25) is 0 Å². The van der Waals surface area contributed by atoms with Crippen LogP contribution in [0.1, 0.15) is 30.6 Å². The molecule has 3 rings (SSSR count). The summed E-state index contributed by atoms with van der Waals surface area (Å²) in [6.07, 6.45) is 4.29. The van der Waals surface area contributed by atoms with Crippen LogP contribution in [-0.4, -0.2) is 16.1 Å². The summed E-state index contributed by atoms with van der Waals surface area (Å²) < 4.78 is 2.28. The van der Waals surface area contributed by atoms with E-state index < -0.39 is 0 Å². The number of fused-ring (bicyclic) bond motifs is 1. The van der Waals surface area contributed by atoms with E-state index in [0.717, 1.165) is 31.0 Å². The van der Waals surface area contributed by atoms with Crippen molar-refractivity contribution in [3.8, 4) is 0 Å². The summed E-state index contributed by atoms with van der Waals surface area (Å²) in [6, 6.07) is 11.1. The molecule has 0 radical (unpaired) electrons. The highest BCUT2D eigenvalue weighted by Gasteiger charge is 2.21. The lowest BCUT2D eigenvalue weighted by Gasteiger charge is -2.26. The SMILES string of the molecule is CCc1cn2c(n1)NCCC2c1ccccc1. The fourth-order valence-corrected chi connectivity index (χ4v) is 2.45. The van der Waals surface area contributed by atoms with Gasteiger partial charge in [-0.15, -0.1) is 0 Å². The van der Waals surface area contributed by atoms with Gasteiger partial charge >= 0.3 is 0 Å². The second-order valence-corrected chi connectivity index (χ2v) is 4.46. The summed E-state index contributed by atoms with van der Waals surface area (Å²) in [5, 5.41) is 3.37. The minimum atomic E-state index is 0.431. The third-order valence-corrected chi connectivity index (χ3v) is 3.37. The van der Waals surface area contributed by atoms with Gasteiger partial charge < -0.3 is 9.88 Å². The predicted molar refractivity (Wildman–Crippen MR) is 69.3 cm³/mol. The lowest BCUT2D eigenvalue weighted by Crippen LogP contribution is -2.23. The number of hydrogen-bond acceptors (Lipinski definition) is 2. The van der Waals surface area contributed by atoms with Crippen LogP contribution in [0.4, 0.5) is 5.95 Å². The maximum absolute atomic E-state index is 4.60. The highest BCUT2D eigenvalue weighted by atomic mass is 15.2. The minimum Gasteiger partial charge on any atom is -0.356 e. The first kappa shape index (κ1) is 10.4. The van der Waals surface area contributed by atoms with Gasteiger partial charge in [-0.3, -0.25) is 0 Å². The molecule has 0 amide bonds. The van der Waals surface area contributed by atoms with Crippen LogP contribution < -0.4 is 5.32 Å². The number of nitrogens with zero attached hydrogens (tertiary/aromatic N) is 2. The van der Waals surface area contributed by atoms with Gasteiger partial charge in [0.2, 0.25) is 5.95 Å². The average Bonchev–Trinajstić information content (AvgIpc) is 2.82. The van der Waals surface area contributed by atoms with E-state index in [-0.39, 0.29) is 0 Å². The van der Waals surface area contributed by atoms with Crippen molar-refractivity contribution < 1.29 is 0 Å². The predicted octanol–water partition coefficient (Wildman–Crippen LogP) is 2.85. The van der Waals surface area contributed by atoms with Gasteiger partial charge in [0, 0.05) is 12.7 Å². The molecule has 0 spiro atoms. The van der Waals surface area contributed by atoms with E-state index in [9.17, 15) is 0 Å². The summed E-state index contributed by atoms with van der Waals surface area (Å²) in [5.41, 5.74) is 2.53. The minimum absolute atomic E-state index is 0.431. The Labute approximate surface area is 101 Å². The molecule has 1 aliphatic rings. The van der Waals surface area contributed by atoms with Gasteiger partial charge in [-0.25, -0.2) is 4.98 Å². The number of rotatable bonds is 2. The summed E-state index contributed by atoms with van der Waals surface area (Å²) in [4.78, 5) is 4.60. The number of imidazole rings is 1. The molecule has 2 aromatic rings. The fourth-order valence-electron chi connectivity index (χ4n) is 2.45. The van der Waals surface area contributed by atoms with Crippen molar-refractivity contribution in [2.24, 2.45) is 0 Å².